The van der Waals surface area contributed by atoms with Gasteiger partial charge in [-0.05, 0) is 69.7 Å². The minimum atomic E-state index is -0.428. The molecule has 1 amide bonds. The molecule has 1 heterocycles. The molecule has 1 saturated carbocycles. The Morgan fingerprint density at radius 3 is 2.69 bits per heavy atom. The predicted octanol–water partition coefficient (Wildman–Crippen LogP) is 5.06. The summed E-state index contributed by atoms with van der Waals surface area (Å²) in [5.74, 6) is 0.542. The van der Waals surface area contributed by atoms with Gasteiger partial charge in [-0.15, -0.1) is 11.3 Å². The number of anilines is 1. The van der Waals surface area contributed by atoms with Crippen LogP contribution < -0.4 is 11.1 Å². The summed E-state index contributed by atoms with van der Waals surface area (Å²) in [5.41, 5.74) is 9.01. The van der Waals surface area contributed by atoms with Crippen LogP contribution in [0, 0.1) is 6.92 Å². The van der Waals surface area contributed by atoms with E-state index >= 15 is 0 Å². The first kappa shape index (κ1) is 18.9. The average molecular weight is 374 g/mol. The minimum absolute atomic E-state index is 0.139. The Kier molecular flexibility index (Phi) is 5.94. The lowest BCUT2D eigenvalue weighted by molar-refractivity contribution is 0.130. The Morgan fingerprint density at radius 2 is 2.04 bits per heavy atom. The number of rotatable bonds is 4. The number of carbonyl (C=O) groups is 1. The Hall–Kier alpha value is -1.92. The van der Waals surface area contributed by atoms with E-state index in [4.69, 9.17) is 10.5 Å². The van der Waals surface area contributed by atoms with Crippen molar-refractivity contribution in [3.05, 3.63) is 35.0 Å². The lowest BCUT2D eigenvalue weighted by atomic mass is 9.87. The van der Waals surface area contributed by atoms with Gasteiger partial charge in [-0.2, -0.15) is 0 Å². The fraction of sp³-hybridized carbons (Fsp3) is 0.500. The third-order valence-corrected chi connectivity index (χ3v) is 5.92. The molecule has 0 spiro atoms. The lowest BCUT2D eigenvalue weighted by Crippen LogP contribution is -2.25. The summed E-state index contributed by atoms with van der Waals surface area (Å²) in [4.78, 5) is 17.6. The van der Waals surface area contributed by atoms with E-state index in [9.17, 15) is 4.79 Å². The number of hydrogen-bond acceptors (Lipinski definition) is 5. The Balaban J connectivity index is 1.71. The summed E-state index contributed by atoms with van der Waals surface area (Å²) in [6.45, 7) is 5.71. The number of nitrogens with two attached hydrogens (primary N) is 1. The van der Waals surface area contributed by atoms with Crippen LogP contribution in [0.1, 0.15) is 56.0 Å². The molecule has 0 radical (unpaired) electrons. The third-order valence-electron chi connectivity index (χ3n) is 4.73. The van der Waals surface area contributed by atoms with Gasteiger partial charge in [0.15, 0.2) is 0 Å². The quantitative estimate of drug-likeness (QED) is 0.785. The molecule has 0 unspecified atom stereocenters. The molecule has 0 bridgehead atoms. The van der Waals surface area contributed by atoms with Crippen LogP contribution >= 0.6 is 11.3 Å². The highest BCUT2D eigenvalue weighted by molar-refractivity contribution is 7.15. The lowest BCUT2D eigenvalue weighted by Gasteiger charge is -2.24. The molecule has 1 aromatic heterocycles. The van der Waals surface area contributed by atoms with E-state index in [2.05, 4.69) is 10.3 Å². The van der Waals surface area contributed by atoms with E-state index < -0.39 is 6.09 Å². The fourth-order valence-corrected chi connectivity index (χ4v) is 4.52. The van der Waals surface area contributed by atoms with Gasteiger partial charge in [-0.25, -0.2) is 9.78 Å². The van der Waals surface area contributed by atoms with E-state index in [-0.39, 0.29) is 6.10 Å². The molecule has 1 aromatic carbocycles. The Labute approximate surface area is 159 Å². The number of benzene rings is 1. The maximum absolute atomic E-state index is 11.7. The number of thiazole rings is 1. The van der Waals surface area contributed by atoms with Crippen LogP contribution in [0.2, 0.25) is 0 Å². The molecular formula is C20H27N3O2S. The number of nitrogens with zero attached hydrogens (tertiary/aromatic N) is 1. The monoisotopic (exact) mass is 373 g/mol. The molecule has 0 saturated heterocycles. The van der Waals surface area contributed by atoms with E-state index in [0.29, 0.717) is 12.0 Å². The highest BCUT2D eigenvalue weighted by atomic mass is 32.1. The van der Waals surface area contributed by atoms with Crippen molar-refractivity contribution in [2.45, 2.75) is 64.5 Å². The van der Waals surface area contributed by atoms with Gasteiger partial charge < -0.3 is 10.5 Å². The van der Waals surface area contributed by atoms with Crippen molar-refractivity contribution < 1.29 is 9.53 Å². The second kappa shape index (κ2) is 8.18. The molecule has 5 nitrogen and oxygen atoms in total. The van der Waals surface area contributed by atoms with Crippen molar-refractivity contribution >= 4 is 23.1 Å². The first-order valence-corrected chi connectivity index (χ1v) is 10.0. The third kappa shape index (κ3) is 4.62. The summed E-state index contributed by atoms with van der Waals surface area (Å²) < 4.78 is 5.12. The van der Waals surface area contributed by atoms with Crippen molar-refractivity contribution in [2.75, 3.05) is 5.32 Å². The van der Waals surface area contributed by atoms with Crippen LogP contribution in [0.3, 0.4) is 0 Å². The number of nitrogens with one attached hydrogen (secondary N) is 1. The first-order valence-electron chi connectivity index (χ1n) is 9.22. The van der Waals surface area contributed by atoms with Gasteiger partial charge in [-0.1, -0.05) is 6.07 Å². The zero-order valence-electron chi connectivity index (χ0n) is 15.6. The van der Waals surface area contributed by atoms with Crippen LogP contribution in [-0.4, -0.2) is 23.2 Å². The zero-order valence-corrected chi connectivity index (χ0v) is 16.4. The van der Waals surface area contributed by atoms with Crippen molar-refractivity contribution in [3.8, 4) is 10.4 Å². The maximum Gasteiger partial charge on any atom is 0.411 e. The van der Waals surface area contributed by atoms with Gasteiger partial charge in [0.2, 0.25) is 0 Å². The van der Waals surface area contributed by atoms with E-state index in [0.717, 1.165) is 42.5 Å². The number of aromatic nitrogens is 1. The van der Waals surface area contributed by atoms with E-state index in [1.807, 2.05) is 45.2 Å². The van der Waals surface area contributed by atoms with Gasteiger partial charge in [-0.3, -0.25) is 5.32 Å². The SMILES string of the molecule is Cc1cc(NC(=O)OC(C)C)ccc1-c1cnc(C2CCC(N)CC2)s1. The summed E-state index contributed by atoms with van der Waals surface area (Å²) in [7, 11) is 0. The van der Waals surface area contributed by atoms with Crippen molar-refractivity contribution in [1.82, 2.24) is 4.98 Å². The number of ether oxygens (including phenoxy) is 1. The molecule has 0 aliphatic heterocycles. The Bertz CT molecular complexity index is 764. The summed E-state index contributed by atoms with van der Waals surface area (Å²) in [6, 6.07) is 6.27. The predicted molar refractivity (Wildman–Crippen MR) is 107 cm³/mol. The molecule has 6 heteroatoms. The number of carbonyl (C=O) groups excluding carboxylic acids is 1. The largest absolute Gasteiger partial charge is 0.447 e. The number of hydrogen-bond donors (Lipinski definition) is 2. The van der Waals surface area contributed by atoms with Crippen LogP contribution in [-0.2, 0) is 4.74 Å². The number of aryl methyl sites for hydroxylation is 1. The standard InChI is InChI=1S/C20H27N3O2S/c1-12(2)25-20(24)23-16-8-9-17(13(3)10-16)18-11-22-19(26-18)14-4-6-15(21)7-5-14/h8-12,14-15H,4-7,21H2,1-3H3,(H,23,24). The normalized spacial score (nSPS) is 20.2. The zero-order chi connectivity index (χ0) is 18.7. The highest BCUT2D eigenvalue weighted by Crippen LogP contribution is 2.38. The Morgan fingerprint density at radius 1 is 1.31 bits per heavy atom. The van der Waals surface area contributed by atoms with Crippen molar-refractivity contribution in [1.29, 1.82) is 0 Å². The van der Waals surface area contributed by atoms with E-state index in [1.165, 1.54) is 9.88 Å². The van der Waals surface area contributed by atoms with Gasteiger partial charge in [0, 0.05) is 23.8 Å². The molecular weight excluding hydrogens is 346 g/mol. The topological polar surface area (TPSA) is 77.2 Å². The first-order chi connectivity index (χ1) is 12.4. The van der Waals surface area contributed by atoms with Crippen LogP contribution in [0.15, 0.2) is 24.4 Å². The van der Waals surface area contributed by atoms with Gasteiger partial charge in [0.05, 0.1) is 16.0 Å². The maximum atomic E-state index is 11.7. The molecule has 26 heavy (non-hydrogen) atoms. The summed E-state index contributed by atoms with van der Waals surface area (Å²) in [5, 5.41) is 3.99. The van der Waals surface area contributed by atoms with Gasteiger partial charge >= 0.3 is 6.09 Å². The second-order valence-corrected chi connectivity index (χ2v) is 8.35. The molecule has 140 valence electrons. The van der Waals surface area contributed by atoms with Crippen molar-refractivity contribution in [2.24, 2.45) is 5.73 Å². The van der Waals surface area contributed by atoms with Gasteiger partial charge in [0.25, 0.3) is 0 Å². The van der Waals surface area contributed by atoms with Crippen LogP contribution in [0.5, 0.6) is 0 Å². The second-order valence-electron chi connectivity index (χ2n) is 7.28. The fourth-order valence-electron chi connectivity index (χ4n) is 3.35. The van der Waals surface area contributed by atoms with Gasteiger partial charge in [0.1, 0.15) is 0 Å². The van der Waals surface area contributed by atoms with Crippen LogP contribution in [0.25, 0.3) is 10.4 Å². The summed E-state index contributed by atoms with van der Waals surface area (Å²) >= 11 is 1.77. The number of amides is 1. The molecule has 3 rings (SSSR count). The molecule has 3 N–H and O–H groups in total. The van der Waals surface area contributed by atoms with Crippen LogP contribution in [0.4, 0.5) is 10.5 Å². The molecule has 1 aliphatic rings. The summed E-state index contributed by atoms with van der Waals surface area (Å²) in [6.07, 6.45) is 5.85. The average Bonchev–Trinajstić information content (AvgIpc) is 3.04. The molecule has 0 atom stereocenters. The van der Waals surface area contributed by atoms with E-state index in [1.54, 1.807) is 11.3 Å². The minimum Gasteiger partial charge on any atom is -0.447 e. The highest BCUT2D eigenvalue weighted by Gasteiger charge is 2.23. The van der Waals surface area contributed by atoms with Crippen molar-refractivity contribution in [3.63, 3.8) is 0 Å². The molecule has 1 fully saturated rings. The molecule has 1 aliphatic carbocycles. The smallest absolute Gasteiger partial charge is 0.411 e. The molecule has 2 aromatic rings.